The normalized spacial score (nSPS) is 11.6. The van der Waals surface area contributed by atoms with Crippen LogP contribution in [0.5, 0.6) is 5.75 Å². The topological polar surface area (TPSA) is 134 Å². The van der Waals surface area contributed by atoms with Crippen molar-refractivity contribution in [2.45, 2.75) is 30.7 Å². The molecule has 0 radical (unpaired) electrons. The number of nitrogens with zero attached hydrogens (tertiary/aromatic N) is 4. The summed E-state index contributed by atoms with van der Waals surface area (Å²) in [6, 6.07) is 5.23. The SMILES string of the molecule is CCc1nc(N)nc(SCc2ncc(-c3ccc(OCCCS(C)(=O)=O)c(Cl)c3)o2)n1. The number of anilines is 1. The van der Waals surface area contributed by atoms with Crippen LogP contribution in [-0.4, -0.2) is 47.0 Å². The Hall–Kier alpha value is -2.37. The molecule has 0 unspecified atom stereocenters. The van der Waals surface area contributed by atoms with E-state index in [-0.39, 0.29) is 18.3 Å². The van der Waals surface area contributed by atoms with Crippen LogP contribution in [0.15, 0.2) is 34.0 Å². The Morgan fingerprint density at radius 1 is 1.26 bits per heavy atom. The smallest absolute Gasteiger partial charge is 0.224 e. The van der Waals surface area contributed by atoms with Gasteiger partial charge in [0.1, 0.15) is 21.4 Å². The zero-order valence-electron chi connectivity index (χ0n) is 17.0. The fraction of sp³-hybridized carbons (Fsp3) is 0.368. The molecular formula is C19H22ClN5O4S2. The maximum absolute atomic E-state index is 11.2. The fourth-order valence-electron chi connectivity index (χ4n) is 2.55. The van der Waals surface area contributed by atoms with Gasteiger partial charge >= 0.3 is 0 Å². The van der Waals surface area contributed by atoms with Gasteiger partial charge in [0.05, 0.1) is 29.3 Å². The summed E-state index contributed by atoms with van der Waals surface area (Å²) in [5.41, 5.74) is 6.45. The highest BCUT2D eigenvalue weighted by Gasteiger charge is 2.12. The average Bonchev–Trinajstić information content (AvgIpc) is 3.18. The summed E-state index contributed by atoms with van der Waals surface area (Å²) in [5.74, 6) is 2.88. The summed E-state index contributed by atoms with van der Waals surface area (Å²) in [7, 11) is -3.01. The summed E-state index contributed by atoms with van der Waals surface area (Å²) in [6.07, 6.45) is 3.88. The van der Waals surface area contributed by atoms with Crippen molar-refractivity contribution in [2.24, 2.45) is 0 Å². The molecule has 0 aliphatic heterocycles. The van der Waals surface area contributed by atoms with Crippen molar-refractivity contribution in [1.82, 2.24) is 19.9 Å². The molecule has 31 heavy (non-hydrogen) atoms. The molecular weight excluding hydrogens is 462 g/mol. The van der Waals surface area contributed by atoms with E-state index in [1.807, 2.05) is 6.92 Å². The van der Waals surface area contributed by atoms with Crippen molar-refractivity contribution >= 4 is 39.1 Å². The molecule has 0 saturated carbocycles. The second kappa shape index (κ2) is 10.3. The van der Waals surface area contributed by atoms with Crippen LogP contribution < -0.4 is 10.5 Å². The van der Waals surface area contributed by atoms with E-state index in [0.29, 0.717) is 52.0 Å². The van der Waals surface area contributed by atoms with E-state index in [4.69, 9.17) is 26.5 Å². The van der Waals surface area contributed by atoms with E-state index in [2.05, 4.69) is 19.9 Å². The third-order valence-corrected chi connectivity index (χ3v) is 6.16. The highest BCUT2D eigenvalue weighted by molar-refractivity contribution is 7.98. The number of oxazole rings is 1. The summed E-state index contributed by atoms with van der Waals surface area (Å²) in [6.45, 7) is 2.21. The standard InChI is InChI=1S/C19H22ClN5O4S2/c1-3-16-23-18(21)25-19(24-16)30-11-17-22-10-15(29-17)12-5-6-14(13(20)9-12)28-7-4-8-31(2,26)27/h5-6,9-10H,3-4,7-8,11H2,1-2H3,(H2,21,23,24,25). The first-order chi connectivity index (χ1) is 14.7. The molecule has 2 heterocycles. The summed E-state index contributed by atoms with van der Waals surface area (Å²) >= 11 is 7.65. The van der Waals surface area contributed by atoms with E-state index < -0.39 is 9.84 Å². The molecule has 1 aromatic carbocycles. The molecule has 3 aromatic rings. The number of rotatable bonds is 10. The number of ether oxygens (including phenoxy) is 1. The zero-order chi connectivity index (χ0) is 22.4. The predicted octanol–water partition coefficient (Wildman–Crippen LogP) is 3.43. The monoisotopic (exact) mass is 483 g/mol. The van der Waals surface area contributed by atoms with Crippen LogP contribution in [0.2, 0.25) is 5.02 Å². The molecule has 0 saturated heterocycles. The molecule has 12 heteroatoms. The Kier molecular flexibility index (Phi) is 7.74. The zero-order valence-corrected chi connectivity index (χ0v) is 19.4. The Balaban J connectivity index is 1.60. The van der Waals surface area contributed by atoms with Crippen LogP contribution in [0.25, 0.3) is 11.3 Å². The Morgan fingerprint density at radius 3 is 2.77 bits per heavy atom. The first kappa shape index (κ1) is 23.3. The van der Waals surface area contributed by atoms with Gasteiger partial charge in [0, 0.05) is 18.2 Å². The van der Waals surface area contributed by atoms with Crippen LogP contribution in [0.1, 0.15) is 25.1 Å². The van der Waals surface area contributed by atoms with Gasteiger partial charge in [-0.2, -0.15) is 9.97 Å². The third-order valence-electron chi connectivity index (χ3n) is 4.01. The number of sulfone groups is 1. The largest absolute Gasteiger partial charge is 0.492 e. The number of hydrogen-bond acceptors (Lipinski definition) is 10. The van der Waals surface area contributed by atoms with Gasteiger partial charge < -0.3 is 14.9 Å². The number of nitrogen functional groups attached to an aromatic ring is 1. The first-order valence-electron chi connectivity index (χ1n) is 9.42. The van der Waals surface area contributed by atoms with E-state index in [1.165, 1.54) is 18.0 Å². The molecule has 3 rings (SSSR count). The summed E-state index contributed by atoms with van der Waals surface area (Å²) < 4.78 is 33.7. The van der Waals surface area contributed by atoms with Crippen LogP contribution in [-0.2, 0) is 22.0 Å². The number of nitrogens with two attached hydrogens (primary N) is 1. The van der Waals surface area contributed by atoms with E-state index in [1.54, 1.807) is 24.4 Å². The Morgan fingerprint density at radius 2 is 2.06 bits per heavy atom. The minimum Gasteiger partial charge on any atom is -0.492 e. The molecule has 166 valence electrons. The van der Waals surface area contributed by atoms with Gasteiger partial charge in [-0.3, -0.25) is 0 Å². The molecule has 0 atom stereocenters. The molecule has 0 spiro atoms. The van der Waals surface area contributed by atoms with E-state index in [9.17, 15) is 8.42 Å². The second-order valence-electron chi connectivity index (χ2n) is 6.63. The Bertz CT molecular complexity index is 1150. The lowest BCUT2D eigenvalue weighted by Gasteiger charge is -2.08. The van der Waals surface area contributed by atoms with Gasteiger partial charge in [-0.25, -0.2) is 18.4 Å². The number of aromatic nitrogens is 4. The molecule has 0 aliphatic rings. The maximum atomic E-state index is 11.2. The van der Waals surface area contributed by atoms with E-state index >= 15 is 0 Å². The molecule has 0 fully saturated rings. The minimum absolute atomic E-state index is 0.0679. The number of thioether (sulfide) groups is 1. The summed E-state index contributed by atoms with van der Waals surface area (Å²) in [4.78, 5) is 16.8. The van der Waals surface area contributed by atoms with Gasteiger partial charge in [-0.1, -0.05) is 30.3 Å². The molecule has 0 bridgehead atoms. The van der Waals surface area contributed by atoms with Crippen molar-refractivity contribution in [2.75, 3.05) is 24.3 Å². The number of aryl methyl sites for hydroxylation is 1. The van der Waals surface area contributed by atoms with Crippen molar-refractivity contribution < 1.29 is 17.6 Å². The van der Waals surface area contributed by atoms with Gasteiger partial charge in [-0.05, 0) is 24.6 Å². The molecule has 9 nitrogen and oxygen atoms in total. The van der Waals surface area contributed by atoms with Crippen molar-refractivity contribution in [3.8, 4) is 17.1 Å². The molecule has 0 amide bonds. The van der Waals surface area contributed by atoms with Gasteiger partial charge in [0.15, 0.2) is 10.9 Å². The van der Waals surface area contributed by atoms with Crippen LogP contribution >= 0.6 is 23.4 Å². The van der Waals surface area contributed by atoms with Gasteiger partial charge in [-0.15, -0.1) is 0 Å². The molecule has 2 N–H and O–H groups in total. The Labute approximate surface area is 189 Å². The second-order valence-corrected chi connectivity index (χ2v) is 10.2. The summed E-state index contributed by atoms with van der Waals surface area (Å²) in [5, 5.41) is 0.918. The number of hydrogen-bond donors (Lipinski definition) is 1. The number of halogens is 1. The predicted molar refractivity (Wildman–Crippen MR) is 120 cm³/mol. The fourth-order valence-corrected chi connectivity index (χ4v) is 4.14. The van der Waals surface area contributed by atoms with Gasteiger partial charge in [0.2, 0.25) is 11.8 Å². The average molecular weight is 484 g/mol. The van der Waals surface area contributed by atoms with Crippen LogP contribution in [0.3, 0.4) is 0 Å². The molecule has 0 aliphatic carbocycles. The van der Waals surface area contributed by atoms with Crippen molar-refractivity contribution in [3.63, 3.8) is 0 Å². The van der Waals surface area contributed by atoms with Gasteiger partial charge in [0.25, 0.3) is 0 Å². The molecule has 2 aromatic heterocycles. The van der Waals surface area contributed by atoms with Crippen molar-refractivity contribution in [1.29, 1.82) is 0 Å². The number of benzene rings is 1. The van der Waals surface area contributed by atoms with Crippen LogP contribution in [0.4, 0.5) is 5.95 Å². The highest BCUT2D eigenvalue weighted by Crippen LogP contribution is 2.31. The van der Waals surface area contributed by atoms with Crippen LogP contribution in [0, 0.1) is 0 Å². The lowest BCUT2D eigenvalue weighted by Crippen LogP contribution is -2.08. The highest BCUT2D eigenvalue weighted by atomic mass is 35.5. The minimum atomic E-state index is -3.01. The third kappa shape index (κ3) is 7.08. The first-order valence-corrected chi connectivity index (χ1v) is 12.8. The van der Waals surface area contributed by atoms with Crippen molar-refractivity contribution in [3.05, 3.63) is 41.1 Å². The maximum Gasteiger partial charge on any atom is 0.224 e. The lowest BCUT2D eigenvalue weighted by atomic mass is 10.2. The quantitative estimate of drug-likeness (QED) is 0.337. The van der Waals surface area contributed by atoms with E-state index in [0.717, 1.165) is 5.56 Å². The lowest BCUT2D eigenvalue weighted by molar-refractivity contribution is 0.318.